The molecule has 1 aromatic carbocycles. The molecule has 13 heavy (non-hydrogen) atoms. The maximum atomic E-state index is 3.57. The number of anilines is 1. The number of rotatable bonds is 2. The fourth-order valence-electron chi connectivity index (χ4n) is 2.11. The van der Waals surface area contributed by atoms with Crippen LogP contribution in [0.1, 0.15) is 26.2 Å². The summed E-state index contributed by atoms with van der Waals surface area (Å²) in [7, 11) is 0. The van der Waals surface area contributed by atoms with Crippen molar-refractivity contribution in [2.45, 2.75) is 32.2 Å². The molecule has 0 unspecified atom stereocenters. The SMILES string of the molecule is C[C@@H]1CC[C@@H](Nc2ccccc2)C1. The van der Waals surface area contributed by atoms with Crippen LogP contribution >= 0.6 is 0 Å². The first kappa shape index (κ1) is 8.61. The zero-order valence-corrected chi connectivity index (χ0v) is 8.16. The Hall–Kier alpha value is -0.980. The van der Waals surface area contributed by atoms with E-state index in [1.165, 1.54) is 24.9 Å². The second-order valence-electron chi connectivity index (χ2n) is 4.13. The summed E-state index contributed by atoms with van der Waals surface area (Å²) in [5.74, 6) is 0.904. The number of para-hydroxylation sites is 1. The molecule has 1 N–H and O–H groups in total. The summed E-state index contributed by atoms with van der Waals surface area (Å²) in [6.07, 6.45) is 4.04. The molecule has 0 aliphatic heterocycles. The number of hydrogen-bond donors (Lipinski definition) is 1. The smallest absolute Gasteiger partial charge is 0.0342 e. The van der Waals surface area contributed by atoms with Gasteiger partial charge < -0.3 is 5.32 Å². The highest BCUT2D eigenvalue weighted by Crippen LogP contribution is 2.27. The van der Waals surface area contributed by atoms with E-state index in [0.717, 1.165) is 5.92 Å². The highest BCUT2D eigenvalue weighted by molar-refractivity contribution is 5.43. The van der Waals surface area contributed by atoms with Gasteiger partial charge in [-0.1, -0.05) is 25.1 Å². The minimum Gasteiger partial charge on any atom is -0.382 e. The molecule has 1 aromatic rings. The van der Waals surface area contributed by atoms with Gasteiger partial charge in [0.05, 0.1) is 0 Å². The average molecular weight is 175 g/mol. The summed E-state index contributed by atoms with van der Waals surface area (Å²) in [6.45, 7) is 2.34. The largest absolute Gasteiger partial charge is 0.382 e. The zero-order chi connectivity index (χ0) is 9.10. The van der Waals surface area contributed by atoms with E-state index in [-0.39, 0.29) is 0 Å². The Balaban J connectivity index is 1.92. The van der Waals surface area contributed by atoms with Crippen molar-refractivity contribution in [3.63, 3.8) is 0 Å². The Morgan fingerprint density at radius 3 is 2.54 bits per heavy atom. The third-order valence-corrected chi connectivity index (χ3v) is 2.84. The molecule has 1 aliphatic carbocycles. The molecule has 0 amide bonds. The highest BCUT2D eigenvalue weighted by Gasteiger charge is 2.20. The molecule has 0 bridgehead atoms. The fourth-order valence-corrected chi connectivity index (χ4v) is 2.11. The molecule has 1 saturated carbocycles. The standard InChI is InChI=1S/C12H17N/c1-10-7-8-12(9-10)13-11-5-3-2-4-6-11/h2-6,10,12-13H,7-9H2,1H3/t10-,12-/m1/s1. The van der Waals surface area contributed by atoms with E-state index in [1.54, 1.807) is 0 Å². The third-order valence-electron chi connectivity index (χ3n) is 2.84. The first-order valence-corrected chi connectivity index (χ1v) is 5.16. The molecule has 1 nitrogen and oxygen atoms in total. The molecule has 1 fully saturated rings. The molecule has 0 radical (unpaired) electrons. The summed E-state index contributed by atoms with van der Waals surface area (Å²) < 4.78 is 0. The Kier molecular flexibility index (Phi) is 2.53. The van der Waals surface area contributed by atoms with Gasteiger partial charge in [0, 0.05) is 11.7 Å². The van der Waals surface area contributed by atoms with Crippen molar-refractivity contribution in [3.8, 4) is 0 Å². The van der Waals surface area contributed by atoms with Gasteiger partial charge in [0.15, 0.2) is 0 Å². The summed E-state index contributed by atoms with van der Waals surface area (Å²) in [6, 6.07) is 11.2. The van der Waals surface area contributed by atoms with Crippen molar-refractivity contribution in [3.05, 3.63) is 30.3 Å². The Morgan fingerprint density at radius 1 is 1.15 bits per heavy atom. The average Bonchev–Trinajstić information content (AvgIpc) is 2.53. The lowest BCUT2D eigenvalue weighted by Gasteiger charge is -2.13. The first-order valence-electron chi connectivity index (χ1n) is 5.16. The molecule has 0 aromatic heterocycles. The lowest BCUT2D eigenvalue weighted by molar-refractivity contribution is 0.602. The predicted octanol–water partition coefficient (Wildman–Crippen LogP) is 3.29. The lowest BCUT2D eigenvalue weighted by atomic mass is 10.1. The van der Waals surface area contributed by atoms with E-state index < -0.39 is 0 Å². The van der Waals surface area contributed by atoms with E-state index in [1.807, 2.05) is 0 Å². The molecule has 0 saturated heterocycles. The van der Waals surface area contributed by atoms with E-state index in [4.69, 9.17) is 0 Å². The molecule has 1 heteroatoms. The Morgan fingerprint density at radius 2 is 1.92 bits per heavy atom. The maximum Gasteiger partial charge on any atom is 0.0342 e. The quantitative estimate of drug-likeness (QED) is 0.727. The van der Waals surface area contributed by atoms with Crippen molar-refractivity contribution in [1.29, 1.82) is 0 Å². The van der Waals surface area contributed by atoms with Crippen molar-refractivity contribution in [1.82, 2.24) is 0 Å². The van der Waals surface area contributed by atoms with Gasteiger partial charge in [0.2, 0.25) is 0 Å². The van der Waals surface area contributed by atoms with Crippen LogP contribution in [0.3, 0.4) is 0 Å². The van der Waals surface area contributed by atoms with Gasteiger partial charge in [-0.15, -0.1) is 0 Å². The van der Waals surface area contributed by atoms with E-state index in [2.05, 4.69) is 42.6 Å². The molecule has 0 heterocycles. The molecule has 2 atom stereocenters. The van der Waals surface area contributed by atoms with Crippen LogP contribution in [0, 0.1) is 5.92 Å². The van der Waals surface area contributed by atoms with Crippen molar-refractivity contribution in [2.75, 3.05) is 5.32 Å². The fraction of sp³-hybridized carbons (Fsp3) is 0.500. The van der Waals surface area contributed by atoms with E-state index >= 15 is 0 Å². The van der Waals surface area contributed by atoms with Crippen LogP contribution in [0.15, 0.2) is 30.3 Å². The van der Waals surface area contributed by atoms with Gasteiger partial charge in [-0.3, -0.25) is 0 Å². The second-order valence-corrected chi connectivity index (χ2v) is 4.13. The van der Waals surface area contributed by atoms with Gasteiger partial charge in [0.1, 0.15) is 0 Å². The number of benzene rings is 1. The van der Waals surface area contributed by atoms with Crippen LogP contribution in [0.2, 0.25) is 0 Å². The van der Waals surface area contributed by atoms with Gasteiger partial charge in [0.25, 0.3) is 0 Å². The third kappa shape index (κ3) is 2.24. The van der Waals surface area contributed by atoms with Crippen molar-refractivity contribution in [2.24, 2.45) is 5.92 Å². The van der Waals surface area contributed by atoms with E-state index in [9.17, 15) is 0 Å². The molecule has 1 aliphatic rings. The normalized spacial score (nSPS) is 27.5. The summed E-state index contributed by atoms with van der Waals surface area (Å²) >= 11 is 0. The van der Waals surface area contributed by atoms with Crippen LogP contribution in [-0.4, -0.2) is 6.04 Å². The predicted molar refractivity (Wildman–Crippen MR) is 56.9 cm³/mol. The van der Waals surface area contributed by atoms with Crippen molar-refractivity contribution >= 4 is 5.69 Å². The summed E-state index contributed by atoms with van der Waals surface area (Å²) in [4.78, 5) is 0. The molecule has 70 valence electrons. The van der Waals surface area contributed by atoms with Gasteiger partial charge in [-0.2, -0.15) is 0 Å². The lowest BCUT2D eigenvalue weighted by Crippen LogP contribution is -2.14. The molecule has 2 rings (SSSR count). The van der Waals surface area contributed by atoms with E-state index in [0.29, 0.717) is 6.04 Å². The minimum atomic E-state index is 0.706. The molecular weight excluding hydrogens is 158 g/mol. The Bertz CT molecular complexity index is 255. The van der Waals surface area contributed by atoms with Gasteiger partial charge >= 0.3 is 0 Å². The van der Waals surface area contributed by atoms with Crippen molar-refractivity contribution < 1.29 is 0 Å². The van der Waals surface area contributed by atoms with Crippen LogP contribution < -0.4 is 5.32 Å². The van der Waals surface area contributed by atoms with Crippen LogP contribution in [-0.2, 0) is 0 Å². The van der Waals surface area contributed by atoms with Crippen LogP contribution in [0.25, 0.3) is 0 Å². The summed E-state index contributed by atoms with van der Waals surface area (Å²) in [5.41, 5.74) is 1.27. The summed E-state index contributed by atoms with van der Waals surface area (Å²) in [5, 5.41) is 3.57. The molecule has 0 spiro atoms. The topological polar surface area (TPSA) is 12.0 Å². The van der Waals surface area contributed by atoms with Crippen LogP contribution in [0.5, 0.6) is 0 Å². The monoisotopic (exact) mass is 175 g/mol. The highest BCUT2D eigenvalue weighted by atomic mass is 14.9. The number of hydrogen-bond acceptors (Lipinski definition) is 1. The number of nitrogens with one attached hydrogen (secondary N) is 1. The second kappa shape index (κ2) is 3.82. The molecular formula is C12H17N. The minimum absolute atomic E-state index is 0.706. The zero-order valence-electron chi connectivity index (χ0n) is 8.16. The van der Waals surface area contributed by atoms with Gasteiger partial charge in [-0.25, -0.2) is 0 Å². The maximum absolute atomic E-state index is 3.57. The van der Waals surface area contributed by atoms with Gasteiger partial charge in [-0.05, 0) is 37.3 Å². The van der Waals surface area contributed by atoms with Crippen LogP contribution in [0.4, 0.5) is 5.69 Å². The Labute approximate surface area is 80.2 Å². The first-order chi connectivity index (χ1) is 6.34.